The Balaban J connectivity index is 2.22. The molecule has 0 atom stereocenters. The summed E-state index contributed by atoms with van der Waals surface area (Å²) in [6.45, 7) is 2.61. The summed E-state index contributed by atoms with van der Waals surface area (Å²) in [5.74, 6) is -0.199. The van der Waals surface area contributed by atoms with Crippen molar-refractivity contribution in [1.82, 2.24) is 10.2 Å². The first kappa shape index (κ1) is 13.0. The van der Waals surface area contributed by atoms with E-state index in [9.17, 15) is 9.59 Å². The summed E-state index contributed by atoms with van der Waals surface area (Å²) in [6, 6.07) is 0. The van der Waals surface area contributed by atoms with Crippen LogP contribution >= 0.6 is 0 Å². The monoisotopic (exact) mass is 227 g/mol. The molecular weight excluding hydrogens is 206 g/mol. The van der Waals surface area contributed by atoms with Gasteiger partial charge in [0.1, 0.15) is 0 Å². The van der Waals surface area contributed by atoms with Crippen molar-refractivity contribution in [1.29, 1.82) is 0 Å². The normalized spacial score (nSPS) is 17.4. The number of nitrogens with two attached hydrogens (primary N) is 1. The van der Waals surface area contributed by atoms with Crippen LogP contribution in [0.4, 0.5) is 0 Å². The summed E-state index contributed by atoms with van der Waals surface area (Å²) >= 11 is 0. The quantitative estimate of drug-likeness (QED) is 0.686. The summed E-state index contributed by atoms with van der Waals surface area (Å²) in [6.07, 6.45) is 3.24. The first-order valence-electron chi connectivity index (χ1n) is 5.76. The molecule has 1 aliphatic carbocycles. The summed E-state index contributed by atoms with van der Waals surface area (Å²) in [5, 5.41) is 2.61. The Labute approximate surface area is 96.4 Å². The van der Waals surface area contributed by atoms with E-state index in [4.69, 9.17) is 5.73 Å². The number of carbonyl (C=O) groups is 2. The molecule has 1 aliphatic rings. The van der Waals surface area contributed by atoms with Gasteiger partial charge in [-0.3, -0.25) is 9.59 Å². The van der Waals surface area contributed by atoms with E-state index < -0.39 is 0 Å². The van der Waals surface area contributed by atoms with Gasteiger partial charge in [-0.25, -0.2) is 0 Å². The van der Waals surface area contributed by atoms with Crippen molar-refractivity contribution in [3.05, 3.63) is 0 Å². The number of carbonyl (C=O) groups excluding carboxylic acids is 2. The van der Waals surface area contributed by atoms with E-state index in [1.807, 2.05) is 6.92 Å². The highest BCUT2D eigenvalue weighted by Crippen LogP contribution is 2.31. The lowest BCUT2D eigenvalue weighted by Gasteiger charge is -2.37. The minimum Gasteiger partial charge on any atom is -0.347 e. The molecule has 0 aromatic rings. The molecule has 0 aromatic heterocycles. The lowest BCUT2D eigenvalue weighted by atomic mass is 9.75. The van der Waals surface area contributed by atoms with E-state index >= 15 is 0 Å². The van der Waals surface area contributed by atoms with E-state index in [2.05, 4.69) is 5.32 Å². The number of nitrogens with zero attached hydrogens (tertiary/aromatic N) is 1. The Kier molecular flexibility index (Phi) is 4.29. The van der Waals surface area contributed by atoms with Crippen molar-refractivity contribution in [3.63, 3.8) is 0 Å². The van der Waals surface area contributed by atoms with Gasteiger partial charge in [0, 0.05) is 25.6 Å². The van der Waals surface area contributed by atoms with Gasteiger partial charge in [0.25, 0.3) is 0 Å². The van der Waals surface area contributed by atoms with Crippen LogP contribution in [0.2, 0.25) is 0 Å². The molecule has 5 heteroatoms. The van der Waals surface area contributed by atoms with Gasteiger partial charge in [0.05, 0.1) is 6.54 Å². The zero-order valence-corrected chi connectivity index (χ0v) is 10.1. The Morgan fingerprint density at radius 2 is 2.06 bits per heavy atom. The number of likely N-dealkylation sites (N-methyl/N-ethyl adjacent to an activating group) is 1. The summed E-state index contributed by atoms with van der Waals surface area (Å²) < 4.78 is 0. The number of amides is 2. The summed E-state index contributed by atoms with van der Waals surface area (Å²) in [5.41, 5.74) is 5.62. The second-order valence-corrected chi connectivity index (χ2v) is 4.58. The average Bonchev–Trinajstić information content (AvgIpc) is 2.22. The fourth-order valence-electron chi connectivity index (χ4n) is 1.68. The van der Waals surface area contributed by atoms with Crippen molar-refractivity contribution in [2.45, 2.75) is 38.1 Å². The predicted octanol–water partition coefficient (Wildman–Crippen LogP) is -0.148. The Morgan fingerprint density at radius 3 is 2.50 bits per heavy atom. The number of hydrogen-bond acceptors (Lipinski definition) is 3. The lowest BCUT2D eigenvalue weighted by molar-refractivity contribution is -0.132. The van der Waals surface area contributed by atoms with Crippen molar-refractivity contribution in [3.8, 4) is 0 Å². The largest absolute Gasteiger partial charge is 0.347 e. The van der Waals surface area contributed by atoms with Crippen LogP contribution in [0.15, 0.2) is 0 Å². The molecule has 92 valence electrons. The molecule has 1 fully saturated rings. The molecule has 0 bridgehead atoms. The highest BCUT2D eigenvalue weighted by molar-refractivity contribution is 5.85. The highest BCUT2D eigenvalue weighted by atomic mass is 16.2. The molecule has 3 N–H and O–H groups in total. The zero-order chi connectivity index (χ0) is 12.2. The van der Waals surface area contributed by atoms with Crippen LogP contribution in [0.1, 0.15) is 32.6 Å². The molecule has 0 saturated heterocycles. The van der Waals surface area contributed by atoms with Crippen LogP contribution in [0.5, 0.6) is 0 Å². The highest BCUT2D eigenvalue weighted by Gasteiger charge is 2.34. The molecule has 1 saturated carbocycles. The maximum atomic E-state index is 11.5. The predicted molar refractivity (Wildman–Crippen MR) is 61.7 cm³/mol. The average molecular weight is 227 g/mol. The van der Waals surface area contributed by atoms with Crippen LogP contribution in [0.3, 0.4) is 0 Å². The molecule has 0 aliphatic heterocycles. The van der Waals surface area contributed by atoms with Gasteiger partial charge in [0.2, 0.25) is 11.8 Å². The molecule has 0 unspecified atom stereocenters. The Morgan fingerprint density at radius 1 is 1.44 bits per heavy atom. The smallest absolute Gasteiger partial charge is 0.241 e. The van der Waals surface area contributed by atoms with Crippen LogP contribution in [0.25, 0.3) is 0 Å². The number of rotatable bonds is 5. The first-order valence-corrected chi connectivity index (χ1v) is 5.76. The number of hydrogen-bond donors (Lipinski definition) is 2. The van der Waals surface area contributed by atoms with Gasteiger partial charge < -0.3 is 16.0 Å². The fraction of sp³-hybridized carbons (Fsp3) is 0.818. The third-order valence-corrected chi connectivity index (χ3v) is 3.20. The van der Waals surface area contributed by atoms with E-state index in [0.29, 0.717) is 13.0 Å². The third kappa shape index (κ3) is 3.48. The van der Waals surface area contributed by atoms with Crippen LogP contribution in [0, 0.1) is 0 Å². The van der Waals surface area contributed by atoms with Gasteiger partial charge >= 0.3 is 0 Å². The third-order valence-electron chi connectivity index (χ3n) is 3.20. The minimum atomic E-state index is -0.316. The van der Waals surface area contributed by atoms with Crippen molar-refractivity contribution in [2.75, 3.05) is 20.1 Å². The van der Waals surface area contributed by atoms with Gasteiger partial charge in [-0.15, -0.1) is 0 Å². The Bertz CT molecular complexity index is 274. The molecule has 0 heterocycles. The maximum Gasteiger partial charge on any atom is 0.241 e. The van der Waals surface area contributed by atoms with E-state index in [-0.39, 0.29) is 23.9 Å². The summed E-state index contributed by atoms with van der Waals surface area (Å²) in [7, 11) is 1.71. The van der Waals surface area contributed by atoms with Gasteiger partial charge in [-0.05, 0) is 26.2 Å². The van der Waals surface area contributed by atoms with Gasteiger partial charge in [-0.1, -0.05) is 0 Å². The Hall–Kier alpha value is -1.10. The van der Waals surface area contributed by atoms with Crippen molar-refractivity contribution in [2.24, 2.45) is 5.73 Å². The second kappa shape index (κ2) is 5.30. The van der Waals surface area contributed by atoms with Crippen molar-refractivity contribution < 1.29 is 9.59 Å². The minimum absolute atomic E-state index is 0.0687. The van der Waals surface area contributed by atoms with E-state index in [0.717, 1.165) is 19.3 Å². The maximum absolute atomic E-state index is 11.5. The molecular formula is C11H21N3O2. The lowest BCUT2D eigenvalue weighted by Crippen LogP contribution is -2.50. The molecule has 2 amide bonds. The van der Waals surface area contributed by atoms with E-state index in [1.165, 1.54) is 0 Å². The van der Waals surface area contributed by atoms with Gasteiger partial charge in [-0.2, -0.15) is 0 Å². The molecule has 16 heavy (non-hydrogen) atoms. The van der Waals surface area contributed by atoms with Crippen molar-refractivity contribution >= 4 is 11.8 Å². The van der Waals surface area contributed by atoms with Gasteiger partial charge in [0.15, 0.2) is 0 Å². The fourth-order valence-corrected chi connectivity index (χ4v) is 1.68. The molecule has 5 nitrogen and oxygen atoms in total. The number of nitrogens with one attached hydrogen (secondary N) is 1. The summed E-state index contributed by atoms with van der Waals surface area (Å²) in [4.78, 5) is 24.5. The molecule has 1 rings (SSSR count). The standard InChI is InChI=1S/C11H21N3O2/c1-3-14(2)10(16)8-13-9(15)7-11(12)5-4-6-11/h3-8,12H2,1-2H3,(H,13,15). The topological polar surface area (TPSA) is 75.4 Å². The first-order chi connectivity index (χ1) is 7.47. The second-order valence-electron chi connectivity index (χ2n) is 4.58. The molecule has 0 aromatic carbocycles. The van der Waals surface area contributed by atoms with Crippen LogP contribution in [-0.4, -0.2) is 42.4 Å². The molecule has 0 radical (unpaired) electrons. The molecule has 0 spiro atoms. The SMILES string of the molecule is CCN(C)C(=O)CNC(=O)CC1(N)CCC1. The van der Waals surface area contributed by atoms with Crippen LogP contribution in [-0.2, 0) is 9.59 Å². The van der Waals surface area contributed by atoms with E-state index in [1.54, 1.807) is 11.9 Å². The van der Waals surface area contributed by atoms with Crippen LogP contribution < -0.4 is 11.1 Å². The zero-order valence-electron chi connectivity index (χ0n) is 10.1.